The molecule has 35 heavy (non-hydrogen) atoms. The van der Waals surface area contributed by atoms with E-state index in [1.165, 1.54) is 0 Å². The Balaban J connectivity index is 1.56. The third-order valence-electron chi connectivity index (χ3n) is 6.81. The summed E-state index contributed by atoms with van der Waals surface area (Å²) in [6.07, 6.45) is 0.355. The van der Waals surface area contributed by atoms with Crippen LogP contribution in [0.1, 0.15) is 36.5 Å². The summed E-state index contributed by atoms with van der Waals surface area (Å²) in [5, 5.41) is 0. The molecule has 1 aliphatic rings. The number of para-hydroxylation sites is 3. The molecule has 0 radical (unpaired) electrons. The molecule has 0 aliphatic carbocycles. The van der Waals surface area contributed by atoms with Gasteiger partial charge in [-0.25, -0.2) is 4.98 Å². The molecule has 3 aromatic rings. The number of nitrogens with two attached hydrogens (primary N) is 1. The highest BCUT2D eigenvalue weighted by Crippen LogP contribution is 2.24. The number of hydrogen-bond acceptors (Lipinski definition) is 6. The first-order chi connectivity index (χ1) is 16.9. The van der Waals surface area contributed by atoms with E-state index >= 15 is 0 Å². The number of imidazole rings is 1. The van der Waals surface area contributed by atoms with E-state index in [0.717, 1.165) is 36.5 Å². The fraction of sp³-hybridized carbons (Fsp3) is 0.444. The molecule has 4 rings (SSSR count). The molecule has 0 bridgehead atoms. The zero-order chi connectivity index (χ0) is 24.9. The molecule has 0 spiro atoms. The Morgan fingerprint density at radius 1 is 1.11 bits per heavy atom. The zero-order valence-corrected chi connectivity index (χ0v) is 20.8. The Kier molecular flexibility index (Phi) is 7.83. The fourth-order valence-corrected chi connectivity index (χ4v) is 5.00. The van der Waals surface area contributed by atoms with E-state index in [0.29, 0.717) is 43.3 Å². The van der Waals surface area contributed by atoms with Gasteiger partial charge in [-0.2, -0.15) is 0 Å². The van der Waals surface area contributed by atoms with E-state index in [1.807, 2.05) is 42.5 Å². The molecule has 8 nitrogen and oxygen atoms in total. The largest absolute Gasteiger partial charge is 0.496 e. The van der Waals surface area contributed by atoms with Crippen molar-refractivity contribution < 1.29 is 14.3 Å². The van der Waals surface area contributed by atoms with Crippen LogP contribution in [0.15, 0.2) is 48.5 Å². The van der Waals surface area contributed by atoms with Crippen molar-refractivity contribution in [3.63, 3.8) is 0 Å². The van der Waals surface area contributed by atoms with Gasteiger partial charge in [0.05, 0.1) is 36.8 Å². The van der Waals surface area contributed by atoms with Gasteiger partial charge < -0.3 is 15.0 Å². The van der Waals surface area contributed by atoms with Crippen LogP contribution in [0.25, 0.3) is 11.0 Å². The highest BCUT2D eigenvalue weighted by molar-refractivity contribution is 5.98. The van der Waals surface area contributed by atoms with E-state index in [4.69, 9.17) is 15.5 Å². The molecule has 1 atom stereocenters. The van der Waals surface area contributed by atoms with Crippen LogP contribution in [0, 0.1) is 5.92 Å². The van der Waals surface area contributed by atoms with E-state index in [9.17, 15) is 9.59 Å². The molecule has 2 aromatic carbocycles. The first-order valence-electron chi connectivity index (χ1n) is 12.2. The number of aromatic nitrogens is 2. The zero-order valence-electron chi connectivity index (χ0n) is 20.8. The number of primary amides is 1. The monoisotopic (exact) mass is 477 g/mol. The lowest BCUT2D eigenvalue weighted by atomic mass is 9.99. The van der Waals surface area contributed by atoms with Crippen LogP contribution < -0.4 is 10.5 Å². The minimum atomic E-state index is -0.289. The lowest BCUT2D eigenvalue weighted by molar-refractivity contribution is -0.120. The molecule has 1 aliphatic heterocycles. The third-order valence-corrected chi connectivity index (χ3v) is 6.81. The lowest BCUT2D eigenvalue weighted by Gasteiger charge is -2.43. The Morgan fingerprint density at radius 3 is 2.60 bits per heavy atom. The minimum Gasteiger partial charge on any atom is -0.496 e. The molecule has 1 saturated heterocycles. The summed E-state index contributed by atoms with van der Waals surface area (Å²) >= 11 is 0. The Bertz CT molecular complexity index is 1190. The number of rotatable bonds is 10. The number of fused-ring (bicyclic) bond motifs is 1. The van der Waals surface area contributed by atoms with Crippen LogP contribution in [0.2, 0.25) is 0 Å². The van der Waals surface area contributed by atoms with Crippen LogP contribution in [-0.2, 0) is 17.9 Å². The predicted octanol–water partition coefficient (Wildman–Crippen LogP) is 2.95. The van der Waals surface area contributed by atoms with E-state index in [-0.39, 0.29) is 17.7 Å². The maximum atomic E-state index is 13.1. The summed E-state index contributed by atoms with van der Waals surface area (Å²) in [5.41, 5.74) is 8.01. The van der Waals surface area contributed by atoms with Crippen LogP contribution in [0.5, 0.6) is 5.75 Å². The van der Waals surface area contributed by atoms with Gasteiger partial charge in [0.15, 0.2) is 5.78 Å². The number of hydrogen-bond donors (Lipinski definition) is 1. The normalized spacial score (nSPS) is 17.2. The van der Waals surface area contributed by atoms with Crippen molar-refractivity contribution in [2.75, 3.05) is 33.3 Å². The topological polar surface area (TPSA) is 93.7 Å². The van der Waals surface area contributed by atoms with Crippen LogP contribution in [0.4, 0.5) is 0 Å². The van der Waals surface area contributed by atoms with E-state index in [2.05, 4.69) is 34.3 Å². The van der Waals surface area contributed by atoms with Crippen LogP contribution in [-0.4, -0.2) is 70.4 Å². The van der Waals surface area contributed by atoms with Crippen molar-refractivity contribution in [2.45, 2.75) is 39.4 Å². The smallest absolute Gasteiger partial charge is 0.231 e. The summed E-state index contributed by atoms with van der Waals surface area (Å²) in [4.78, 5) is 34.0. The fourth-order valence-electron chi connectivity index (χ4n) is 5.00. The Labute approximate surface area is 206 Å². The number of piperazine rings is 1. The summed E-state index contributed by atoms with van der Waals surface area (Å²) < 4.78 is 7.56. The van der Waals surface area contributed by atoms with Gasteiger partial charge in [-0.15, -0.1) is 0 Å². The van der Waals surface area contributed by atoms with Gasteiger partial charge in [-0.05, 0) is 30.2 Å². The van der Waals surface area contributed by atoms with Crippen LogP contribution in [0.3, 0.4) is 0 Å². The highest BCUT2D eigenvalue weighted by atomic mass is 16.5. The Morgan fingerprint density at radius 2 is 1.86 bits per heavy atom. The number of amides is 1. The highest BCUT2D eigenvalue weighted by Gasteiger charge is 2.31. The molecule has 1 fully saturated rings. The molecular weight excluding hydrogens is 442 g/mol. The quantitative estimate of drug-likeness (QED) is 0.451. The average molecular weight is 478 g/mol. The molecule has 8 heteroatoms. The molecular formula is C27H35N5O3. The van der Waals surface area contributed by atoms with Gasteiger partial charge in [-0.3, -0.25) is 19.4 Å². The predicted molar refractivity (Wildman–Crippen MR) is 136 cm³/mol. The molecule has 1 aromatic heterocycles. The lowest BCUT2D eigenvalue weighted by Crippen LogP contribution is -2.56. The number of ether oxygens (including phenoxy) is 1. The van der Waals surface area contributed by atoms with Crippen molar-refractivity contribution in [1.29, 1.82) is 0 Å². The molecule has 1 unspecified atom stereocenters. The van der Waals surface area contributed by atoms with Gasteiger partial charge in [0.2, 0.25) is 5.91 Å². The average Bonchev–Trinajstić information content (AvgIpc) is 3.19. The second-order valence-corrected chi connectivity index (χ2v) is 9.53. The van der Waals surface area contributed by atoms with Crippen molar-refractivity contribution in [3.8, 4) is 5.75 Å². The summed E-state index contributed by atoms with van der Waals surface area (Å²) in [7, 11) is 1.59. The first kappa shape index (κ1) is 24.9. The molecule has 2 N–H and O–H groups in total. The second kappa shape index (κ2) is 11.0. The van der Waals surface area contributed by atoms with Crippen molar-refractivity contribution in [3.05, 3.63) is 59.9 Å². The summed E-state index contributed by atoms with van der Waals surface area (Å²) in [6.45, 7) is 8.36. The molecule has 1 amide bonds. The van der Waals surface area contributed by atoms with Gasteiger partial charge in [-0.1, -0.05) is 38.1 Å². The second-order valence-electron chi connectivity index (χ2n) is 9.53. The molecule has 0 saturated carbocycles. The minimum absolute atomic E-state index is 0.0475. The summed E-state index contributed by atoms with van der Waals surface area (Å²) in [5.74, 6) is 1.72. The number of carbonyl (C=O) groups is 2. The first-order valence-corrected chi connectivity index (χ1v) is 12.2. The maximum Gasteiger partial charge on any atom is 0.231 e. The number of ketones is 1. The van der Waals surface area contributed by atoms with Crippen LogP contribution >= 0.6 is 0 Å². The molecule has 186 valence electrons. The summed E-state index contributed by atoms with van der Waals surface area (Å²) in [6, 6.07) is 15.7. The number of methoxy groups -OCH3 is 1. The van der Waals surface area contributed by atoms with Crippen molar-refractivity contribution in [1.82, 2.24) is 19.4 Å². The van der Waals surface area contributed by atoms with Crippen molar-refractivity contribution >= 4 is 22.7 Å². The Hall–Kier alpha value is -3.23. The molecule has 2 heterocycles. The maximum absolute atomic E-state index is 13.1. The van der Waals surface area contributed by atoms with Gasteiger partial charge in [0, 0.05) is 38.6 Å². The van der Waals surface area contributed by atoms with E-state index < -0.39 is 0 Å². The van der Waals surface area contributed by atoms with Gasteiger partial charge in [0.25, 0.3) is 0 Å². The standard InChI is InChI=1S/C27H35N5O3/c1-19(2)23-16-30(17-26(28)34)14-15-31(23)18-27-29-21-9-5-6-10-22(21)32(27)13-12-24(33)20-8-4-7-11-25(20)35-3/h4-11,19,23H,12-18H2,1-3H3,(H2,28,34). The van der Waals surface area contributed by atoms with Gasteiger partial charge in [0.1, 0.15) is 11.6 Å². The van der Waals surface area contributed by atoms with E-state index in [1.54, 1.807) is 7.11 Å². The number of carbonyl (C=O) groups excluding carboxylic acids is 2. The van der Waals surface area contributed by atoms with Crippen molar-refractivity contribution in [2.24, 2.45) is 11.7 Å². The van der Waals surface area contributed by atoms with Gasteiger partial charge >= 0.3 is 0 Å². The number of Topliss-reactive ketones (excluding diaryl/α,β-unsaturated/α-hetero) is 1. The third kappa shape index (κ3) is 5.71. The number of aryl methyl sites for hydroxylation is 1. The number of nitrogens with zero attached hydrogens (tertiary/aromatic N) is 4. The SMILES string of the molecule is COc1ccccc1C(=O)CCn1c(CN2CCN(CC(N)=O)CC2C(C)C)nc2ccccc21. The number of benzene rings is 2.